The van der Waals surface area contributed by atoms with Crippen LogP contribution in [0.1, 0.15) is 31.7 Å². The first-order valence-corrected chi connectivity index (χ1v) is 6.02. The first kappa shape index (κ1) is 11.2. The molecular weight excluding hydrogens is 200 g/mol. The summed E-state index contributed by atoms with van der Waals surface area (Å²) in [5.74, 6) is 2.50. The number of aromatic nitrogens is 2. The summed E-state index contributed by atoms with van der Waals surface area (Å²) in [5, 5.41) is 6.47. The van der Waals surface area contributed by atoms with Crippen molar-refractivity contribution in [2.75, 3.05) is 17.7 Å². The van der Waals surface area contributed by atoms with Crippen LogP contribution in [0.4, 0.5) is 11.8 Å². The minimum absolute atomic E-state index is 0.623. The van der Waals surface area contributed by atoms with Gasteiger partial charge in [0.25, 0.3) is 0 Å². The zero-order valence-electron chi connectivity index (χ0n) is 10.2. The van der Waals surface area contributed by atoms with E-state index in [4.69, 9.17) is 0 Å². The van der Waals surface area contributed by atoms with E-state index < -0.39 is 0 Å². The lowest BCUT2D eigenvalue weighted by Crippen LogP contribution is -2.09. The van der Waals surface area contributed by atoms with Gasteiger partial charge in [0.1, 0.15) is 5.82 Å². The molecule has 2 N–H and O–H groups in total. The second kappa shape index (κ2) is 4.68. The topological polar surface area (TPSA) is 49.8 Å². The monoisotopic (exact) mass is 220 g/mol. The molecule has 1 saturated carbocycles. The molecule has 0 aromatic carbocycles. The Bertz CT molecular complexity index is 364. The van der Waals surface area contributed by atoms with Gasteiger partial charge in [-0.3, -0.25) is 0 Å². The number of hydrogen-bond donors (Lipinski definition) is 2. The van der Waals surface area contributed by atoms with Crippen LogP contribution in [0.25, 0.3) is 0 Å². The fourth-order valence-electron chi connectivity index (χ4n) is 2.00. The Hall–Kier alpha value is -1.32. The molecule has 1 aromatic rings. The molecule has 0 amide bonds. The predicted molar refractivity (Wildman–Crippen MR) is 66.7 cm³/mol. The van der Waals surface area contributed by atoms with Crippen molar-refractivity contribution in [3.63, 3.8) is 0 Å². The molecule has 1 aliphatic carbocycles. The SMILES string of the molecule is CCCC1CC1Nc1nc(NC)ncc1C. The maximum atomic E-state index is 4.43. The number of aryl methyl sites for hydroxylation is 1. The van der Waals surface area contributed by atoms with Crippen LogP contribution in [0.2, 0.25) is 0 Å². The third-order valence-corrected chi connectivity index (χ3v) is 3.10. The van der Waals surface area contributed by atoms with Crippen molar-refractivity contribution < 1.29 is 0 Å². The quantitative estimate of drug-likeness (QED) is 0.800. The summed E-state index contributed by atoms with van der Waals surface area (Å²) < 4.78 is 0. The third kappa shape index (κ3) is 2.43. The molecule has 88 valence electrons. The highest BCUT2D eigenvalue weighted by molar-refractivity contribution is 5.48. The van der Waals surface area contributed by atoms with Gasteiger partial charge in [-0.2, -0.15) is 4.98 Å². The lowest BCUT2D eigenvalue weighted by molar-refractivity contribution is 0.692. The molecule has 0 radical (unpaired) electrons. The van der Waals surface area contributed by atoms with Crippen molar-refractivity contribution in [1.82, 2.24) is 9.97 Å². The Balaban J connectivity index is 1.99. The molecule has 16 heavy (non-hydrogen) atoms. The van der Waals surface area contributed by atoms with E-state index in [1.807, 2.05) is 20.2 Å². The number of nitrogens with one attached hydrogen (secondary N) is 2. The Labute approximate surface area is 96.9 Å². The van der Waals surface area contributed by atoms with E-state index in [-0.39, 0.29) is 0 Å². The molecule has 4 heteroatoms. The third-order valence-electron chi connectivity index (χ3n) is 3.10. The van der Waals surface area contributed by atoms with Crippen LogP contribution >= 0.6 is 0 Å². The smallest absolute Gasteiger partial charge is 0.224 e. The summed E-state index contributed by atoms with van der Waals surface area (Å²) in [6, 6.07) is 0.623. The Morgan fingerprint density at radius 2 is 2.31 bits per heavy atom. The highest BCUT2D eigenvalue weighted by Gasteiger charge is 2.36. The van der Waals surface area contributed by atoms with Crippen molar-refractivity contribution in [2.45, 2.75) is 39.2 Å². The minimum Gasteiger partial charge on any atom is -0.367 e. The average Bonchev–Trinajstić information content (AvgIpc) is 3.00. The summed E-state index contributed by atoms with van der Waals surface area (Å²) >= 11 is 0. The molecule has 1 aromatic heterocycles. The van der Waals surface area contributed by atoms with Crippen molar-refractivity contribution >= 4 is 11.8 Å². The lowest BCUT2D eigenvalue weighted by Gasteiger charge is -2.09. The Morgan fingerprint density at radius 3 is 3.00 bits per heavy atom. The summed E-state index contributed by atoms with van der Waals surface area (Å²) in [6.07, 6.45) is 5.73. The maximum absolute atomic E-state index is 4.43. The molecule has 0 aliphatic heterocycles. The summed E-state index contributed by atoms with van der Waals surface area (Å²) in [7, 11) is 1.84. The number of rotatable bonds is 5. The molecule has 2 rings (SSSR count). The van der Waals surface area contributed by atoms with Gasteiger partial charge in [0.05, 0.1) is 0 Å². The van der Waals surface area contributed by atoms with Crippen LogP contribution in [0, 0.1) is 12.8 Å². The summed E-state index contributed by atoms with van der Waals surface area (Å²) in [6.45, 7) is 4.28. The second-order valence-corrected chi connectivity index (χ2v) is 4.51. The molecule has 1 aliphatic rings. The van der Waals surface area contributed by atoms with Gasteiger partial charge in [-0.05, 0) is 25.7 Å². The van der Waals surface area contributed by atoms with Gasteiger partial charge in [0.2, 0.25) is 5.95 Å². The molecule has 2 unspecified atom stereocenters. The van der Waals surface area contributed by atoms with Gasteiger partial charge in [0, 0.05) is 24.8 Å². The molecule has 1 fully saturated rings. The number of hydrogen-bond acceptors (Lipinski definition) is 4. The van der Waals surface area contributed by atoms with E-state index in [1.54, 1.807) is 0 Å². The first-order valence-electron chi connectivity index (χ1n) is 6.02. The molecule has 4 nitrogen and oxygen atoms in total. The lowest BCUT2D eigenvalue weighted by atomic mass is 10.2. The Kier molecular flexibility index (Phi) is 3.27. The van der Waals surface area contributed by atoms with E-state index in [1.165, 1.54) is 19.3 Å². The Morgan fingerprint density at radius 1 is 1.50 bits per heavy atom. The number of nitrogens with zero attached hydrogens (tertiary/aromatic N) is 2. The van der Waals surface area contributed by atoms with Crippen LogP contribution in [0.15, 0.2) is 6.20 Å². The number of anilines is 2. The molecule has 2 atom stereocenters. The van der Waals surface area contributed by atoms with Crippen LogP contribution in [0.5, 0.6) is 0 Å². The van der Waals surface area contributed by atoms with E-state index >= 15 is 0 Å². The van der Waals surface area contributed by atoms with Gasteiger partial charge in [-0.25, -0.2) is 4.98 Å². The van der Waals surface area contributed by atoms with E-state index in [2.05, 4.69) is 27.5 Å². The van der Waals surface area contributed by atoms with Crippen molar-refractivity contribution in [3.8, 4) is 0 Å². The first-order chi connectivity index (χ1) is 7.74. The summed E-state index contributed by atoms with van der Waals surface area (Å²) in [5.41, 5.74) is 1.11. The maximum Gasteiger partial charge on any atom is 0.224 e. The van der Waals surface area contributed by atoms with E-state index in [0.29, 0.717) is 12.0 Å². The van der Waals surface area contributed by atoms with Crippen molar-refractivity contribution in [2.24, 2.45) is 5.92 Å². The minimum atomic E-state index is 0.623. The standard InChI is InChI=1S/C12H20N4/c1-4-5-9-6-10(9)15-11-8(2)7-14-12(13-3)16-11/h7,9-10H,4-6H2,1-3H3,(H2,13,14,15,16). The van der Waals surface area contributed by atoms with Gasteiger partial charge in [0.15, 0.2) is 0 Å². The normalized spacial score (nSPS) is 22.9. The molecule has 1 heterocycles. The average molecular weight is 220 g/mol. The van der Waals surface area contributed by atoms with Gasteiger partial charge in [-0.15, -0.1) is 0 Å². The van der Waals surface area contributed by atoms with Crippen LogP contribution in [0.3, 0.4) is 0 Å². The van der Waals surface area contributed by atoms with Crippen LogP contribution in [-0.2, 0) is 0 Å². The van der Waals surface area contributed by atoms with Gasteiger partial charge >= 0.3 is 0 Å². The predicted octanol–water partition coefficient (Wildman–Crippen LogP) is 2.43. The van der Waals surface area contributed by atoms with E-state index in [9.17, 15) is 0 Å². The second-order valence-electron chi connectivity index (χ2n) is 4.51. The molecular formula is C12H20N4. The van der Waals surface area contributed by atoms with E-state index in [0.717, 1.165) is 17.3 Å². The van der Waals surface area contributed by atoms with Gasteiger partial charge < -0.3 is 10.6 Å². The highest BCUT2D eigenvalue weighted by Crippen LogP contribution is 2.37. The van der Waals surface area contributed by atoms with Crippen LogP contribution < -0.4 is 10.6 Å². The highest BCUT2D eigenvalue weighted by atomic mass is 15.1. The summed E-state index contributed by atoms with van der Waals surface area (Å²) in [4.78, 5) is 8.61. The molecule has 0 saturated heterocycles. The molecule has 0 spiro atoms. The largest absolute Gasteiger partial charge is 0.367 e. The molecule has 0 bridgehead atoms. The van der Waals surface area contributed by atoms with Gasteiger partial charge in [-0.1, -0.05) is 13.3 Å². The van der Waals surface area contributed by atoms with Crippen molar-refractivity contribution in [3.05, 3.63) is 11.8 Å². The fourth-order valence-corrected chi connectivity index (χ4v) is 2.00. The zero-order valence-corrected chi connectivity index (χ0v) is 10.2. The van der Waals surface area contributed by atoms with Crippen LogP contribution in [-0.4, -0.2) is 23.1 Å². The van der Waals surface area contributed by atoms with Crippen molar-refractivity contribution in [1.29, 1.82) is 0 Å². The zero-order chi connectivity index (χ0) is 11.5. The fraction of sp³-hybridized carbons (Fsp3) is 0.667.